The van der Waals surface area contributed by atoms with Crippen LogP contribution < -0.4 is 0 Å². The number of hydrogen-bond acceptors (Lipinski definition) is 3. The molecule has 0 bridgehead atoms. The van der Waals surface area contributed by atoms with Crippen LogP contribution in [-0.4, -0.2) is 39.4 Å². The van der Waals surface area contributed by atoms with Crippen molar-refractivity contribution in [2.24, 2.45) is 0 Å². The van der Waals surface area contributed by atoms with Gasteiger partial charge in [0.15, 0.2) is 0 Å². The highest BCUT2D eigenvalue weighted by molar-refractivity contribution is 5.76. The molecule has 4 heteroatoms. The fraction of sp³-hybridized carbons (Fsp3) is 0.733. The Hall–Kier alpha value is -1.16. The van der Waals surface area contributed by atoms with Crippen molar-refractivity contribution in [3.63, 3.8) is 0 Å². The first-order valence-corrected chi connectivity index (χ1v) is 7.38. The van der Waals surface area contributed by atoms with E-state index in [-0.39, 0.29) is 0 Å². The van der Waals surface area contributed by atoms with E-state index < -0.39 is 0 Å². The summed E-state index contributed by atoms with van der Waals surface area (Å²) in [6, 6.07) is 0.448. The van der Waals surface area contributed by atoms with E-state index in [1.165, 1.54) is 25.7 Å². The first-order chi connectivity index (χ1) is 9.16. The molecule has 2 heterocycles. The molecule has 1 aliphatic heterocycles. The van der Waals surface area contributed by atoms with E-state index >= 15 is 0 Å². The monoisotopic (exact) mass is 263 g/mol. The minimum absolute atomic E-state index is 0.315. The lowest BCUT2D eigenvalue weighted by Crippen LogP contribution is -2.38. The van der Waals surface area contributed by atoms with E-state index in [0.717, 1.165) is 25.5 Å². The minimum Gasteiger partial charge on any atom is -0.334 e. The summed E-state index contributed by atoms with van der Waals surface area (Å²) in [4.78, 5) is 18.2. The molecule has 1 fully saturated rings. The lowest BCUT2D eigenvalue weighted by molar-refractivity contribution is -0.118. The second-order valence-electron chi connectivity index (χ2n) is 5.61. The van der Waals surface area contributed by atoms with Crippen LogP contribution in [0, 0.1) is 6.92 Å². The number of ketones is 1. The van der Waals surface area contributed by atoms with Gasteiger partial charge in [-0.1, -0.05) is 12.8 Å². The zero-order chi connectivity index (χ0) is 13.7. The SMILES string of the molecule is CC(=O)CC1CCCCCN1CCn1ccnc1C. The van der Waals surface area contributed by atoms with Gasteiger partial charge in [-0.25, -0.2) is 4.98 Å². The highest BCUT2D eigenvalue weighted by Gasteiger charge is 2.21. The van der Waals surface area contributed by atoms with Gasteiger partial charge in [0.2, 0.25) is 0 Å². The molecule has 2 rings (SSSR count). The molecule has 4 nitrogen and oxygen atoms in total. The van der Waals surface area contributed by atoms with Crippen molar-refractivity contribution in [1.29, 1.82) is 0 Å². The molecule has 1 aliphatic rings. The third kappa shape index (κ3) is 4.16. The average molecular weight is 263 g/mol. The maximum absolute atomic E-state index is 11.4. The third-order valence-electron chi connectivity index (χ3n) is 4.07. The Balaban J connectivity index is 1.94. The Morgan fingerprint density at radius 1 is 1.37 bits per heavy atom. The zero-order valence-corrected chi connectivity index (χ0v) is 12.1. The number of carbonyl (C=O) groups is 1. The molecule has 0 aromatic carbocycles. The van der Waals surface area contributed by atoms with Crippen molar-refractivity contribution >= 4 is 5.78 Å². The van der Waals surface area contributed by atoms with Gasteiger partial charge in [0.25, 0.3) is 0 Å². The lowest BCUT2D eigenvalue weighted by Gasteiger charge is -2.29. The summed E-state index contributed by atoms with van der Waals surface area (Å²) >= 11 is 0. The molecule has 0 N–H and O–H groups in total. The summed E-state index contributed by atoms with van der Waals surface area (Å²) < 4.78 is 2.19. The molecule has 1 saturated heterocycles. The largest absolute Gasteiger partial charge is 0.334 e. The number of Topliss-reactive ketones (excluding diaryl/α,β-unsaturated/α-hetero) is 1. The van der Waals surface area contributed by atoms with Crippen molar-refractivity contribution in [1.82, 2.24) is 14.5 Å². The Labute approximate surface area is 115 Å². The van der Waals surface area contributed by atoms with Gasteiger partial charge in [0.05, 0.1) is 0 Å². The van der Waals surface area contributed by atoms with Crippen LogP contribution in [0.3, 0.4) is 0 Å². The maximum Gasteiger partial charge on any atom is 0.131 e. The van der Waals surface area contributed by atoms with Crippen molar-refractivity contribution in [3.8, 4) is 0 Å². The van der Waals surface area contributed by atoms with Crippen molar-refractivity contribution in [2.45, 2.75) is 58.5 Å². The number of imidazole rings is 1. The molecule has 0 spiro atoms. The molecule has 1 aromatic heterocycles. The summed E-state index contributed by atoms with van der Waals surface area (Å²) in [6.07, 6.45) is 9.59. The molecule has 0 saturated carbocycles. The Kier molecular flexibility index (Phi) is 5.14. The van der Waals surface area contributed by atoms with Crippen LogP contribution in [-0.2, 0) is 11.3 Å². The van der Waals surface area contributed by atoms with Gasteiger partial charge in [0.1, 0.15) is 11.6 Å². The van der Waals surface area contributed by atoms with Gasteiger partial charge in [-0.05, 0) is 33.2 Å². The summed E-state index contributed by atoms with van der Waals surface area (Å²) in [7, 11) is 0. The molecule has 0 radical (unpaired) electrons. The number of hydrogen-bond donors (Lipinski definition) is 0. The fourth-order valence-electron chi connectivity index (χ4n) is 2.97. The summed E-state index contributed by atoms with van der Waals surface area (Å²) in [6.45, 7) is 6.87. The quantitative estimate of drug-likeness (QED) is 0.819. The Morgan fingerprint density at radius 3 is 2.89 bits per heavy atom. The highest BCUT2D eigenvalue weighted by atomic mass is 16.1. The normalized spacial score (nSPS) is 21.3. The smallest absolute Gasteiger partial charge is 0.131 e. The molecular weight excluding hydrogens is 238 g/mol. The van der Waals surface area contributed by atoms with Gasteiger partial charge in [-0.3, -0.25) is 9.69 Å². The fourth-order valence-corrected chi connectivity index (χ4v) is 2.97. The topological polar surface area (TPSA) is 38.1 Å². The molecule has 0 amide bonds. The number of nitrogens with zero attached hydrogens (tertiary/aromatic N) is 3. The van der Waals surface area contributed by atoms with E-state index in [1.807, 2.05) is 19.3 Å². The van der Waals surface area contributed by atoms with Crippen LogP contribution in [0.1, 0.15) is 44.9 Å². The van der Waals surface area contributed by atoms with E-state index in [1.54, 1.807) is 6.92 Å². The van der Waals surface area contributed by atoms with E-state index in [0.29, 0.717) is 18.2 Å². The van der Waals surface area contributed by atoms with Crippen molar-refractivity contribution < 1.29 is 4.79 Å². The number of likely N-dealkylation sites (tertiary alicyclic amines) is 1. The second kappa shape index (κ2) is 6.85. The van der Waals surface area contributed by atoms with Gasteiger partial charge in [-0.15, -0.1) is 0 Å². The van der Waals surface area contributed by atoms with E-state index in [9.17, 15) is 4.79 Å². The van der Waals surface area contributed by atoms with Gasteiger partial charge < -0.3 is 4.57 Å². The standard InChI is InChI=1S/C15H25N3O/c1-13(19)12-15-6-4-3-5-8-18(15)11-10-17-9-7-16-14(17)2/h7,9,15H,3-6,8,10-12H2,1-2H3. The van der Waals surface area contributed by atoms with Crippen LogP contribution in [0.15, 0.2) is 12.4 Å². The maximum atomic E-state index is 11.4. The zero-order valence-electron chi connectivity index (χ0n) is 12.1. The van der Waals surface area contributed by atoms with E-state index in [4.69, 9.17) is 0 Å². The molecule has 19 heavy (non-hydrogen) atoms. The van der Waals surface area contributed by atoms with Crippen LogP contribution in [0.2, 0.25) is 0 Å². The van der Waals surface area contributed by atoms with Crippen molar-refractivity contribution in [2.75, 3.05) is 13.1 Å². The number of aromatic nitrogens is 2. The third-order valence-corrected chi connectivity index (χ3v) is 4.07. The van der Waals surface area contributed by atoms with Crippen LogP contribution in [0.5, 0.6) is 0 Å². The summed E-state index contributed by atoms with van der Waals surface area (Å²) in [5.74, 6) is 1.38. The number of aryl methyl sites for hydroxylation is 1. The average Bonchev–Trinajstić information content (AvgIpc) is 2.64. The Morgan fingerprint density at radius 2 is 2.21 bits per heavy atom. The van der Waals surface area contributed by atoms with Crippen molar-refractivity contribution in [3.05, 3.63) is 18.2 Å². The molecular formula is C15H25N3O. The van der Waals surface area contributed by atoms with Gasteiger partial charge in [0, 0.05) is 37.9 Å². The molecule has 1 unspecified atom stereocenters. The van der Waals surface area contributed by atoms with E-state index in [2.05, 4.69) is 14.5 Å². The second-order valence-corrected chi connectivity index (χ2v) is 5.61. The van der Waals surface area contributed by atoms with Crippen LogP contribution in [0.4, 0.5) is 0 Å². The molecule has 0 aliphatic carbocycles. The minimum atomic E-state index is 0.315. The summed E-state index contributed by atoms with van der Waals surface area (Å²) in [5.41, 5.74) is 0. The summed E-state index contributed by atoms with van der Waals surface area (Å²) in [5, 5.41) is 0. The first-order valence-electron chi connectivity index (χ1n) is 7.38. The van der Waals surface area contributed by atoms with Gasteiger partial charge in [-0.2, -0.15) is 0 Å². The predicted molar refractivity (Wildman–Crippen MR) is 76.1 cm³/mol. The molecule has 1 atom stereocenters. The Bertz CT molecular complexity index is 413. The molecule has 106 valence electrons. The van der Waals surface area contributed by atoms with Crippen LogP contribution in [0.25, 0.3) is 0 Å². The number of rotatable bonds is 5. The highest BCUT2D eigenvalue weighted by Crippen LogP contribution is 2.19. The van der Waals surface area contributed by atoms with Crippen LogP contribution >= 0.6 is 0 Å². The first kappa shape index (κ1) is 14.3. The predicted octanol–water partition coefficient (Wildman–Crippen LogP) is 2.42. The molecule has 1 aromatic rings. The number of carbonyl (C=O) groups excluding carboxylic acids is 1. The lowest BCUT2D eigenvalue weighted by atomic mass is 10.0. The van der Waals surface area contributed by atoms with Gasteiger partial charge >= 0.3 is 0 Å².